The average molecular weight is 272 g/mol. The number of carbonyl (C=O) groups is 1. The molecule has 0 aromatic heterocycles. The summed E-state index contributed by atoms with van der Waals surface area (Å²) in [5, 5.41) is 0. The fourth-order valence-corrected chi connectivity index (χ4v) is 4.11. The highest BCUT2D eigenvalue weighted by atomic mass is 16.5. The van der Waals surface area contributed by atoms with Gasteiger partial charge in [0.05, 0.1) is 13.3 Å². The Morgan fingerprint density at radius 2 is 2.10 bits per heavy atom. The van der Waals surface area contributed by atoms with E-state index in [9.17, 15) is 4.79 Å². The highest BCUT2D eigenvalue weighted by molar-refractivity contribution is 5.78. The number of benzene rings is 1. The van der Waals surface area contributed by atoms with E-state index >= 15 is 0 Å². The molecular formula is C16H20N2O2. The van der Waals surface area contributed by atoms with E-state index in [0.717, 1.165) is 44.5 Å². The van der Waals surface area contributed by atoms with Crippen LogP contribution in [0.1, 0.15) is 36.4 Å². The molecule has 3 aliphatic heterocycles. The molecule has 0 N–H and O–H groups in total. The Hall–Kier alpha value is -1.55. The fourth-order valence-electron chi connectivity index (χ4n) is 4.11. The van der Waals surface area contributed by atoms with E-state index in [-0.39, 0.29) is 0 Å². The molecule has 4 heteroatoms. The highest BCUT2D eigenvalue weighted by Crippen LogP contribution is 2.41. The second kappa shape index (κ2) is 4.48. The normalized spacial score (nSPS) is 28.9. The summed E-state index contributed by atoms with van der Waals surface area (Å²) in [4.78, 5) is 16.5. The van der Waals surface area contributed by atoms with Gasteiger partial charge in [-0.3, -0.25) is 9.69 Å². The van der Waals surface area contributed by atoms with Crippen LogP contribution in [0.4, 0.5) is 0 Å². The molecule has 3 aliphatic rings. The van der Waals surface area contributed by atoms with E-state index in [4.69, 9.17) is 4.74 Å². The third-order valence-corrected chi connectivity index (χ3v) is 5.07. The first-order chi connectivity index (χ1) is 9.78. The molecule has 0 aliphatic carbocycles. The minimum Gasteiger partial charge on any atom is -0.497 e. The molecule has 3 heterocycles. The third-order valence-electron chi connectivity index (χ3n) is 5.07. The largest absolute Gasteiger partial charge is 0.497 e. The zero-order valence-corrected chi connectivity index (χ0v) is 11.8. The van der Waals surface area contributed by atoms with Crippen LogP contribution < -0.4 is 4.74 Å². The number of rotatable bonds is 1. The standard InChI is InChI=1S/C16H20N2O2/c1-20-12-2-3-13-11(10-12)6-8-17-14(13)7-9-18-15(17)4-5-16(18)19/h2-3,10,14-15H,4-9H2,1H3/t14-,15+/m1/s1. The van der Waals surface area contributed by atoms with Gasteiger partial charge in [-0.25, -0.2) is 0 Å². The van der Waals surface area contributed by atoms with Crippen LogP contribution in [0.25, 0.3) is 0 Å². The molecule has 0 unspecified atom stereocenters. The summed E-state index contributed by atoms with van der Waals surface area (Å²) in [5.41, 5.74) is 2.86. The minimum atomic E-state index is 0.342. The van der Waals surface area contributed by atoms with Crippen molar-refractivity contribution in [1.29, 1.82) is 0 Å². The number of fused-ring (bicyclic) bond motifs is 5. The van der Waals surface area contributed by atoms with Crippen LogP contribution >= 0.6 is 0 Å². The number of nitrogens with zero attached hydrogens (tertiary/aromatic N) is 2. The predicted molar refractivity (Wildman–Crippen MR) is 75.5 cm³/mol. The predicted octanol–water partition coefficient (Wildman–Crippen LogP) is 1.95. The minimum absolute atomic E-state index is 0.342. The summed E-state index contributed by atoms with van der Waals surface area (Å²) in [6.45, 7) is 1.97. The van der Waals surface area contributed by atoms with Crippen molar-refractivity contribution in [3.8, 4) is 5.75 Å². The molecule has 0 saturated carbocycles. The Labute approximate surface area is 119 Å². The Morgan fingerprint density at radius 3 is 2.95 bits per heavy atom. The van der Waals surface area contributed by atoms with Crippen LogP contribution in [-0.2, 0) is 11.2 Å². The van der Waals surface area contributed by atoms with E-state index in [1.165, 1.54) is 11.1 Å². The maximum absolute atomic E-state index is 11.9. The zero-order valence-electron chi connectivity index (χ0n) is 11.8. The molecule has 106 valence electrons. The molecule has 1 aromatic rings. The highest BCUT2D eigenvalue weighted by Gasteiger charge is 2.43. The molecule has 1 amide bonds. The van der Waals surface area contributed by atoms with Crippen LogP contribution in [0.5, 0.6) is 5.75 Å². The van der Waals surface area contributed by atoms with Gasteiger partial charge in [0.15, 0.2) is 0 Å². The maximum Gasteiger partial charge on any atom is 0.223 e. The van der Waals surface area contributed by atoms with Crippen LogP contribution in [0, 0.1) is 0 Å². The van der Waals surface area contributed by atoms with Crippen molar-refractivity contribution in [3.63, 3.8) is 0 Å². The van der Waals surface area contributed by atoms with Crippen LogP contribution in [0.15, 0.2) is 18.2 Å². The molecule has 2 atom stereocenters. The molecule has 4 rings (SSSR count). The van der Waals surface area contributed by atoms with E-state index in [0.29, 0.717) is 18.1 Å². The second-order valence-electron chi connectivity index (χ2n) is 5.96. The van der Waals surface area contributed by atoms with Crippen molar-refractivity contribution in [1.82, 2.24) is 9.80 Å². The van der Waals surface area contributed by atoms with Crippen molar-refractivity contribution < 1.29 is 9.53 Å². The molecule has 4 nitrogen and oxygen atoms in total. The second-order valence-corrected chi connectivity index (χ2v) is 5.96. The molecule has 1 aromatic carbocycles. The number of hydrogen-bond acceptors (Lipinski definition) is 3. The van der Waals surface area contributed by atoms with Gasteiger partial charge in [0.2, 0.25) is 5.91 Å². The number of methoxy groups -OCH3 is 1. The van der Waals surface area contributed by atoms with Gasteiger partial charge in [0, 0.05) is 25.6 Å². The van der Waals surface area contributed by atoms with Crippen molar-refractivity contribution in [3.05, 3.63) is 29.3 Å². The number of ether oxygens (including phenoxy) is 1. The average Bonchev–Trinajstić information content (AvgIpc) is 2.88. The number of amides is 1. The summed E-state index contributed by atoms with van der Waals surface area (Å²) in [5.74, 6) is 1.29. The van der Waals surface area contributed by atoms with Gasteiger partial charge in [-0.2, -0.15) is 0 Å². The molecule has 0 radical (unpaired) electrons. The summed E-state index contributed by atoms with van der Waals surface area (Å²) < 4.78 is 5.33. The van der Waals surface area contributed by atoms with Gasteiger partial charge < -0.3 is 9.64 Å². The van der Waals surface area contributed by atoms with Crippen LogP contribution in [0.3, 0.4) is 0 Å². The summed E-state index contributed by atoms with van der Waals surface area (Å²) in [6.07, 6.45) is 4.18. The molecular weight excluding hydrogens is 252 g/mol. The van der Waals surface area contributed by atoms with Gasteiger partial charge in [-0.1, -0.05) is 6.07 Å². The topological polar surface area (TPSA) is 32.8 Å². The first kappa shape index (κ1) is 12.2. The molecule has 20 heavy (non-hydrogen) atoms. The molecule has 0 spiro atoms. The quantitative estimate of drug-likeness (QED) is 0.783. The van der Waals surface area contributed by atoms with Gasteiger partial charge in [-0.05, 0) is 42.5 Å². The lowest BCUT2D eigenvalue weighted by atomic mass is 9.88. The first-order valence-electron chi connectivity index (χ1n) is 7.50. The summed E-state index contributed by atoms with van der Waals surface area (Å²) >= 11 is 0. The first-order valence-corrected chi connectivity index (χ1v) is 7.50. The number of carbonyl (C=O) groups excluding carboxylic acids is 1. The lowest BCUT2D eigenvalue weighted by Gasteiger charge is -2.48. The van der Waals surface area contributed by atoms with Gasteiger partial charge in [0.25, 0.3) is 0 Å². The zero-order chi connectivity index (χ0) is 13.7. The third kappa shape index (κ3) is 1.67. The Kier molecular flexibility index (Phi) is 2.74. The Balaban J connectivity index is 1.67. The van der Waals surface area contributed by atoms with E-state index < -0.39 is 0 Å². The maximum atomic E-state index is 11.9. The Bertz CT molecular complexity index is 557. The monoisotopic (exact) mass is 272 g/mol. The lowest BCUT2D eigenvalue weighted by molar-refractivity contribution is -0.135. The van der Waals surface area contributed by atoms with E-state index in [1.54, 1.807) is 7.11 Å². The summed E-state index contributed by atoms with van der Waals surface area (Å²) in [7, 11) is 1.72. The lowest BCUT2D eigenvalue weighted by Crippen LogP contribution is -2.54. The van der Waals surface area contributed by atoms with Crippen molar-refractivity contribution >= 4 is 5.91 Å². The van der Waals surface area contributed by atoms with Crippen molar-refractivity contribution in [2.24, 2.45) is 0 Å². The van der Waals surface area contributed by atoms with E-state index in [1.807, 2.05) is 0 Å². The van der Waals surface area contributed by atoms with Crippen LogP contribution in [-0.4, -0.2) is 42.1 Å². The van der Waals surface area contributed by atoms with Crippen molar-refractivity contribution in [2.45, 2.75) is 37.9 Å². The molecule has 2 saturated heterocycles. The molecule has 0 bridgehead atoms. The van der Waals surface area contributed by atoms with Gasteiger partial charge in [-0.15, -0.1) is 0 Å². The number of hydrogen-bond donors (Lipinski definition) is 0. The van der Waals surface area contributed by atoms with Crippen LogP contribution in [0.2, 0.25) is 0 Å². The fraction of sp³-hybridized carbons (Fsp3) is 0.562. The Morgan fingerprint density at radius 1 is 1.20 bits per heavy atom. The molecule has 2 fully saturated rings. The SMILES string of the molecule is COc1ccc2c(c1)CCN1[C@@H]2CCN2C(=O)CC[C@H]21. The van der Waals surface area contributed by atoms with Gasteiger partial charge in [0.1, 0.15) is 5.75 Å². The van der Waals surface area contributed by atoms with Crippen molar-refractivity contribution in [2.75, 3.05) is 20.2 Å². The summed E-state index contributed by atoms with van der Waals surface area (Å²) in [6, 6.07) is 6.95. The smallest absolute Gasteiger partial charge is 0.223 e. The van der Waals surface area contributed by atoms with Gasteiger partial charge >= 0.3 is 0 Å². The van der Waals surface area contributed by atoms with E-state index in [2.05, 4.69) is 28.0 Å².